The Kier molecular flexibility index (Phi) is 3.76. The second kappa shape index (κ2) is 4.33. The van der Waals surface area contributed by atoms with E-state index < -0.39 is 11.9 Å². The summed E-state index contributed by atoms with van der Waals surface area (Å²) in [6, 6.07) is 0. The zero-order valence-corrected chi connectivity index (χ0v) is 6.96. The molecule has 0 fully saturated rings. The molecule has 1 N–H and O–H groups in total. The van der Waals surface area contributed by atoms with Gasteiger partial charge in [0.15, 0.2) is 0 Å². The molecular formula is C8H10O4. The minimum atomic E-state index is -1.27. The Balaban J connectivity index is 4.34. The molecule has 0 radical (unpaired) electrons. The van der Waals surface area contributed by atoms with E-state index in [0.29, 0.717) is 0 Å². The Hall–Kier alpha value is -1.58. The highest BCUT2D eigenvalue weighted by Crippen LogP contribution is 2.01. The summed E-state index contributed by atoms with van der Waals surface area (Å²) in [5.41, 5.74) is 0.163. The number of ether oxygens (including phenoxy) is 1. The zero-order valence-electron chi connectivity index (χ0n) is 6.96. The molecule has 0 aromatic rings. The van der Waals surface area contributed by atoms with Crippen LogP contribution >= 0.6 is 0 Å². The van der Waals surface area contributed by atoms with Crippen LogP contribution in [0.15, 0.2) is 24.0 Å². The summed E-state index contributed by atoms with van der Waals surface area (Å²) in [6.07, 6.45) is 1.20. The Bertz CT molecular complexity index is 250. The van der Waals surface area contributed by atoms with Crippen molar-refractivity contribution in [2.24, 2.45) is 0 Å². The fraction of sp³-hybridized carbons (Fsp3) is 0.250. The maximum absolute atomic E-state index is 10.8. The van der Waals surface area contributed by atoms with Gasteiger partial charge in [-0.15, -0.1) is 0 Å². The predicted octanol–water partition coefficient (Wildman–Crippen LogP) is 1.09. The van der Waals surface area contributed by atoms with E-state index in [2.05, 4.69) is 11.3 Å². The van der Waals surface area contributed by atoms with Crippen LogP contribution < -0.4 is 0 Å². The van der Waals surface area contributed by atoms with Gasteiger partial charge in [-0.2, -0.15) is 0 Å². The highest BCUT2D eigenvalue weighted by atomic mass is 16.6. The largest absolute Gasteiger partial charge is 0.475 e. The average Bonchev–Trinajstić information content (AvgIpc) is 1.98. The molecule has 0 aromatic carbocycles. The molecule has 12 heavy (non-hydrogen) atoms. The number of carboxylic acid groups (broad SMARTS) is 1. The molecule has 4 nitrogen and oxygen atoms in total. The van der Waals surface area contributed by atoms with Crippen molar-refractivity contribution in [1.29, 1.82) is 0 Å². The van der Waals surface area contributed by atoms with Crippen molar-refractivity contribution < 1.29 is 19.4 Å². The van der Waals surface area contributed by atoms with E-state index in [-0.39, 0.29) is 11.3 Å². The van der Waals surface area contributed by atoms with E-state index in [1.165, 1.54) is 19.9 Å². The molecule has 0 aliphatic rings. The monoisotopic (exact) mass is 170 g/mol. The highest BCUT2D eigenvalue weighted by molar-refractivity contribution is 5.93. The molecule has 0 bridgehead atoms. The molecule has 0 aromatic heterocycles. The third kappa shape index (κ3) is 3.01. The van der Waals surface area contributed by atoms with Gasteiger partial charge in [0.05, 0.1) is 0 Å². The fourth-order valence-corrected chi connectivity index (χ4v) is 0.413. The standard InChI is InChI=1S/C8H10O4/c1-4-6(7(9)10)12-8(11)5(2)3/h4H,2H2,1,3H3,(H,9,10)/b6-4-. The molecule has 0 aliphatic carbocycles. The van der Waals surface area contributed by atoms with Gasteiger partial charge in [0.2, 0.25) is 5.76 Å². The molecule has 0 spiro atoms. The third-order valence-electron chi connectivity index (χ3n) is 1.02. The first-order chi connectivity index (χ1) is 5.49. The van der Waals surface area contributed by atoms with Gasteiger partial charge in [0, 0.05) is 5.57 Å². The lowest BCUT2D eigenvalue weighted by Crippen LogP contribution is -2.11. The van der Waals surface area contributed by atoms with Gasteiger partial charge in [0.25, 0.3) is 0 Å². The molecule has 0 unspecified atom stereocenters. The summed E-state index contributed by atoms with van der Waals surface area (Å²) < 4.78 is 4.45. The SMILES string of the molecule is C=C(C)C(=O)O/C(=C\C)C(=O)O. The Labute approximate surface area is 70.1 Å². The summed E-state index contributed by atoms with van der Waals surface area (Å²) in [4.78, 5) is 21.1. The van der Waals surface area contributed by atoms with Crippen LogP contribution in [0.3, 0.4) is 0 Å². The van der Waals surface area contributed by atoms with E-state index in [4.69, 9.17) is 5.11 Å². The number of hydrogen-bond acceptors (Lipinski definition) is 3. The first-order valence-electron chi connectivity index (χ1n) is 3.26. The zero-order chi connectivity index (χ0) is 9.72. The molecule has 0 atom stereocenters. The van der Waals surface area contributed by atoms with E-state index in [0.717, 1.165) is 0 Å². The summed E-state index contributed by atoms with van der Waals surface area (Å²) in [5, 5.41) is 8.43. The van der Waals surface area contributed by atoms with E-state index in [9.17, 15) is 9.59 Å². The first kappa shape index (κ1) is 10.4. The second-order valence-electron chi connectivity index (χ2n) is 2.13. The number of carbonyl (C=O) groups is 2. The van der Waals surface area contributed by atoms with E-state index in [1.54, 1.807) is 0 Å². The molecule has 0 saturated carbocycles. The van der Waals surface area contributed by atoms with Crippen molar-refractivity contribution in [2.75, 3.05) is 0 Å². The van der Waals surface area contributed by atoms with Crippen molar-refractivity contribution >= 4 is 11.9 Å². The summed E-state index contributed by atoms with van der Waals surface area (Å²) >= 11 is 0. The van der Waals surface area contributed by atoms with Crippen LogP contribution in [0.2, 0.25) is 0 Å². The minimum absolute atomic E-state index is 0.163. The van der Waals surface area contributed by atoms with Gasteiger partial charge < -0.3 is 9.84 Å². The van der Waals surface area contributed by atoms with Gasteiger partial charge in [-0.1, -0.05) is 6.58 Å². The Morgan fingerprint density at radius 3 is 2.25 bits per heavy atom. The average molecular weight is 170 g/mol. The van der Waals surface area contributed by atoms with Gasteiger partial charge in [-0.3, -0.25) is 0 Å². The number of rotatable bonds is 3. The smallest absolute Gasteiger partial charge is 0.371 e. The van der Waals surface area contributed by atoms with Crippen LogP contribution in [-0.4, -0.2) is 17.0 Å². The summed E-state index contributed by atoms with van der Waals surface area (Å²) in [6.45, 7) is 6.22. The van der Waals surface area contributed by atoms with Crippen molar-refractivity contribution in [1.82, 2.24) is 0 Å². The van der Waals surface area contributed by atoms with Gasteiger partial charge in [-0.25, -0.2) is 9.59 Å². The molecule has 4 heteroatoms. The number of carboxylic acids is 1. The van der Waals surface area contributed by atoms with Crippen LogP contribution in [0.5, 0.6) is 0 Å². The van der Waals surface area contributed by atoms with E-state index in [1.807, 2.05) is 0 Å². The maximum Gasteiger partial charge on any atom is 0.371 e. The number of carbonyl (C=O) groups excluding carboxylic acids is 1. The lowest BCUT2D eigenvalue weighted by Gasteiger charge is -2.02. The van der Waals surface area contributed by atoms with Crippen molar-refractivity contribution in [3.05, 3.63) is 24.0 Å². The maximum atomic E-state index is 10.8. The van der Waals surface area contributed by atoms with Gasteiger partial charge in [-0.05, 0) is 19.9 Å². The number of esters is 1. The van der Waals surface area contributed by atoms with Crippen molar-refractivity contribution in [3.63, 3.8) is 0 Å². The number of allylic oxidation sites excluding steroid dienone is 1. The lowest BCUT2D eigenvalue weighted by atomic mass is 10.3. The fourth-order valence-electron chi connectivity index (χ4n) is 0.413. The topological polar surface area (TPSA) is 63.6 Å². The number of aliphatic carboxylic acids is 1. The second-order valence-corrected chi connectivity index (χ2v) is 2.13. The molecule has 0 heterocycles. The first-order valence-corrected chi connectivity index (χ1v) is 3.26. The van der Waals surface area contributed by atoms with Crippen molar-refractivity contribution in [3.8, 4) is 0 Å². The van der Waals surface area contributed by atoms with Crippen molar-refractivity contribution in [2.45, 2.75) is 13.8 Å². The van der Waals surface area contributed by atoms with Crippen LogP contribution in [0.25, 0.3) is 0 Å². The van der Waals surface area contributed by atoms with Crippen LogP contribution in [-0.2, 0) is 14.3 Å². The van der Waals surface area contributed by atoms with Crippen LogP contribution in [0.1, 0.15) is 13.8 Å². The minimum Gasteiger partial charge on any atom is -0.475 e. The molecule has 0 saturated heterocycles. The molecule has 0 rings (SSSR count). The molecule has 66 valence electrons. The lowest BCUT2D eigenvalue weighted by molar-refractivity contribution is -0.145. The normalized spacial score (nSPS) is 10.7. The van der Waals surface area contributed by atoms with Crippen LogP contribution in [0.4, 0.5) is 0 Å². The highest BCUT2D eigenvalue weighted by Gasteiger charge is 2.12. The number of hydrogen-bond donors (Lipinski definition) is 1. The van der Waals surface area contributed by atoms with E-state index >= 15 is 0 Å². The molecular weight excluding hydrogens is 160 g/mol. The molecule has 0 amide bonds. The third-order valence-corrected chi connectivity index (χ3v) is 1.02. The van der Waals surface area contributed by atoms with Crippen LogP contribution in [0, 0.1) is 0 Å². The van der Waals surface area contributed by atoms with Gasteiger partial charge in [0.1, 0.15) is 0 Å². The van der Waals surface area contributed by atoms with Gasteiger partial charge >= 0.3 is 11.9 Å². The molecule has 0 aliphatic heterocycles. The Morgan fingerprint density at radius 2 is 2.00 bits per heavy atom. The summed E-state index contributed by atoms with van der Waals surface area (Å²) in [5.74, 6) is -2.39. The predicted molar refractivity (Wildman–Crippen MR) is 42.3 cm³/mol. The summed E-state index contributed by atoms with van der Waals surface area (Å²) in [7, 11) is 0. The quantitative estimate of drug-likeness (QED) is 0.391. The Morgan fingerprint density at radius 1 is 1.50 bits per heavy atom.